The lowest BCUT2D eigenvalue weighted by Gasteiger charge is -2.31. The maximum absolute atomic E-state index is 5.34. The zero-order chi connectivity index (χ0) is 37.5. The molecule has 1 atom stereocenters. The van der Waals surface area contributed by atoms with E-state index >= 15 is 0 Å². The molecule has 0 bridgehead atoms. The second kappa shape index (κ2) is 12.3. The van der Waals surface area contributed by atoms with Crippen molar-refractivity contribution in [2.75, 3.05) is 0 Å². The number of hydrogen-bond donors (Lipinski definition) is 1. The SMILES string of the molecule is c1ccc(-c2cccc(C3=NC(c4ccccc4)N=C(c4ccccc4-c4ccc5c(c4)C4(c6ccccc6-5)c5cccc6ccc7cccc4c7c56)N3)c2)cc1. The molecular weight excluding hydrogens is 691 g/mol. The molecule has 1 N–H and O–H groups in total. The zero-order valence-corrected chi connectivity index (χ0v) is 31.0. The van der Waals surface area contributed by atoms with Crippen molar-refractivity contribution in [3.05, 3.63) is 239 Å². The fourth-order valence-electron chi connectivity index (χ4n) is 9.88. The van der Waals surface area contributed by atoms with E-state index in [4.69, 9.17) is 9.98 Å². The summed E-state index contributed by atoms with van der Waals surface area (Å²) in [6.45, 7) is 0. The molecule has 57 heavy (non-hydrogen) atoms. The highest BCUT2D eigenvalue weighted by Crippen LogP contribution is 2.62. The predicted octanol–water partition coefficient (Wildman–Crippen LogP) is 12.5. The molecule has 0 amide bonds. The third kappa shape index (κ3) is 4.66. The van der Waals surface area contributed by atoms with E-state index in [-0.39, 0.29) is 0 Å². The summed E-state index contributed by atoms with van der Waals surface area (Å²) in [5, 5.41) is 9.05. The lowest BCUT2D eigenvalue weighted by atomic mass is 9.70. The maximum Gasteiger partial charge on any atom is 0.169 e. The van der Waals surface area contributed by atoms with Crippen LogP contribution in [0.3, 0.4) is 0 Å². The first-order valence-corrected chi connectivity index (χ1v) is 19.7. The second-order valence-electron chi connectivity index (χ2n) is 15.3. The topological polar surface area (TPSA) is 36.8 Å². The molecule has 12 rings (SSSR count). The lowest BCUT2D eigenvalue weighted by molar-refractivity contribution is 0.756. The van der Waals surface area contributed by atoms with Crippen molar-refractivity contribution >= 4 is 33.2 Å². The number of nitrogens with one attached hydrogen (secondary N) is 1. The van der Waals surface area contributed by atoms with E-state index in [2.05, 4.69) is 199 Å². The molecule has 0 saturated heterocycles. The summed E-state index contributed by atoms with van der Waals surface area (Å²) in [5.41, 5.74) is 15.3. The predicted molar refractivity (Wildman–Crippen MR) is 235 cm³/mol. The van der Waals surface area contributed by atoms with Crippen molar-refractivity contribution < 1.29 is 0 Å². The molecule has 1 unspecified atom stereocenters. The molecule has 9 aromatic rings. The van der Waals surface area contributed by atoms with Gasteiger partial charge in [-0.2, -0.15) is 0 Å². The number of aliphatic imine (C=N–C) groups is 2. The summed E-state index contributed by atoms with van der Waals surface area (Å²) in [5.74, 6) is 1.60. The molecule has 1 spiro atoms. The summed E-state index contributed by atoms with van der Waals surface area (Å²) in [7, 11) is 0. The van der Waals surface area contributed by atoms with Crippen LogP contribution in [0.4, 0.5) is 0 Å². The van der Waals surface area contributed by atoms with E-state index in [1.54, 1.807) is 0 Å². The Morgan fingerprint density at radius 3 is 1.67 bits per heavy atom. The number of rotatable bonds is 5. The first-order valence-electron chi connectivity index (χ1n) is 19.7. The fraction of sp³-hybridized carbons (Fsp3) is 0.0370. The van der Waals surface area contributed by atoms with Gasteiger partial charge in [-0.25, -0.2) is 9.98 Å². The molecule has 3 nitrogen and oxygen atoms in total. The number of nitrogens with zero attached hydrogens (tertiary/aromatic N) is 2. The van der Waals surface area contributed by atoms with Gasteiger partial charge in [0.15, 0.2) is 6.17 Å². The number of hydrogen-bond acceptors (Lipinski definition) is 3. The minimum Gasteiger partial charge on any atom is -0.324 e. The summed E-state index contributed by atoms with van der Waals surface area (Å²) in [6, 6.07) is 72.7. The quantitative estimate of drug-likeness (QED) is 0.176. The molecule has 3 aliphatic rings. The third-order valence-corrected chi connectivity index (χ3v) is 12.3. The lowest BCUT2D eigenvalue weighted by Crippen LogP contribution is -2.36. The van der Waals surface area contributed by atoms with Crippen LogP contribution in [0.1, 0.15) is 45.1 Å². The smallest absolute Gasteiger partial charge is 0.169 e. The Morgan fingerprint density at radius 2 is 0.912 bits per heavy atom. The van der Waals surface area contributed by atoms with Crippen LogP contribution in [0.15, 0.2) is 210 Å². The van der Waals surface area contributed by atoms with Crippen molar-refractivity contribution in [3.63, 3.8) is 0 Å². The van der Waals surface area contributed by atoms with Gasteiger partial charge in [0.2, 0.25) is 0 Å². The first-order chi connectivity index (χ1) is 28.3. The van der Waals surface area contributed by atoms with Gasteiger partial charge < -0.3 is 5.32 Å². The number of amidine groups is 2. The molecule has 1 aliphatic heterocycles. The molecule has 9 aromatic carbocycles. The normalized spacial score (nSPS) is 15.7. The van der Waals surface area contributed by atoms with Gasteiger partial charge in [0.05, 0.1) is 5.41 Å². The second-order valence-corrected chi connectivity index (χ2v) is 15.3. The van der Waals surface area contributed by atoms with Crippen LogP contribution >= 0.6 is 0 Å². The van der Waals surface area contributed by atoms with Gasteiger partial charge in [0.1, 0.15) is 11.7 Å². The Morgan fingerprint density at radius 1 is 0.351 bits per heavy atom. The standard InChI is InChI=1S/C54H35N3/c1-3-14-34(15-4-1)38-20-11-21-40(32-38)52-55-51(37-16-5-2-6-17-37)56-53(57-52)44-24-8-7-22-41(44)39-30-31-43-42-23-9-10-25-45(42)54(48(43)33-39)46-26-12-18-35-28-29-36-19-13-27-47(54)50(36)49(35)46/h1-33,51H,(H,55,56,57). The summed E-state index contributed by atoms with van der Waals surface area (Å²) >= 11 is 0. The van der Waals surface area contributed by atoms with Crippen molar-refractivity contribution in [3.8, 4) is 33.4 Å². The first kappa shape index (κ1) is 31.9. The van der Waals surface area contributed by atoms with Crippen LogP contribution in [0.5, 0.6) is 0 Å². The van der Waals surface area contributed by atoms with E-state index in [0.717, 1.165) is 45.1 Å². The van der Waals surface area contributed by atoms with Gasteiger partial charge in [0, 0.05) is 11.1 Å². The minimum atomic E-state index is -0.428. The van der Waals surface area contributed by atoms with Crippen LogP contribution in [0.25, 0.3) is 54.9 Å². The number of fused-ring (bicyclic) bond motifs is 7. The highest BCUT2D eigenvalue weighted by atomic mass is 15.2. The van der Waals surface area contributed by atoms with Crippen LogP contribution < -0.4 is 5.32 Å². The van der Waals surface area contributed by atoms with Gasteiger partial charge in [-0.1, -0.05) is 188 Å². The van der Waals surface area contributed by atoms with Gasteiger partial charge >= 0.3 is 0 Å². The molecule has 0 saturated carbocycles. The van der Waals surface area contributed by atoms with Crippen LogP contribution in [-0.2, 0) is 5.41 Å². The molecule has 0 aromatic heterocycles. The molecule has 2 aliphatic carbocycles. The van der Waals surface area contributed by atoms with E-state index in [0.29, 0.717) is 0 Å². The average molecular weight is 726 g/mol. The Balaban J connectivity index is 1.03. The molecule has 266 valence electrons. The van der Waals surface area contributed by atoms with Gasteiger partial charge in [0.25, 0.3) is 0 Å². The molecule has 1 heterocycles. The number of benzene rings is 9. The van der Waals surface area contributed by atoms with Crippen molar-refractivity contribution in [1.29, 1.82) is 0 Å². The Hall–Kier alpha value is -7.36. The van der Waals surface area contributed by atoms with Gasteiger partial charge in [-0.15, -0.1) is 0 Å². The molecule has 3 heteroatoms. The van der Waals surface area contributed by atoms with Crippen LogP contribution in [-0.4, -0.2) is 11.7 Å². The summed E-state index contributed by atoms with van der Waals surface area (Å²) in [4.78, 5) is 10.6. The Bertz CT molecular complexity index is 3100. The van der Waals surface area contributed by atoms with Crippen molar-refractivity contribution in [2.24, 2.45) is 9.98 Å². The van der Waals surface area contributed by atoms with Gasteiger partial charge in [-0.3, -0.25) is 0 Å². The largest absolute Gasteiger partial charge is 0.324 e. The van der Waals surface area contributed by atoms with E-state index in [1.165, 1.54) is 60.5 Å². The van der Waals surface area contributed by atoms with Crippen LogP contribution in [0.2, 0.25) is 0 Å². The zero-order valence-electron chi connectivity index (χ0n) is 31.0. The third-order valence-electron chi connectivity index (χ3n) is 12.3. The van der Waals surface area contributed by atoms with Crippen molar-refractivity contribution in [1.82, 2.24) is 5.32 Å². The summed E-state index contributed by atoms with van der Waals surface area (Å²) in [6.07, 6.45) is -0.401. The van der Waals surface area contributed by atoms with E-state index < -0.39 is 11.6 Å². The van der Waals surface area contributed by atoms with E-state index in [1.807, 2.05) is 6.07 Å². The summed E-state index contributed by atoms with van der Waals surface area (Å²) < 4.78 is 0. The fourth-order valence-corrected chi connectivity index (χ4v) is 9.88. The average Bonchev–Trinajstić information content (AvgIpc) is 3.77. The highest BCUT2D eigenvalue weighted by molar-refractivity contribution is 6.19. The van der Waals surface area contributed by atoms with E-state index in [9.17, 15) is 0 Å². The maximum atomic E-state index is 5.34. The van der Waals surface area contributed by atoms with Crippen molar-refractivity contribution in [2.45, 2.75) is 11.6 Å². The monoisotopic (exact) mass is 725 g/mol. The molecule has 0 radical (unpaired) electrons. The molecular formula is C54H35N3. The Kier molecular flexibility index (Phi) is 6.91. The molecule has 0 fully saturated rings. The van der Waals surface area contributed by atoms with Crippen LogP contribution in [0, 0.1) is 0 Å². The Labute approximate surface area is 331 Å². The van der Waals surface area contributed by atoms with Gasteiger partial charge in [-0.05, 0) is 94.9 Å². The highest BCUT2D eigenvalue weighted by Gasteiger charge is 2.50. The minimum absolute atomic E-state index is 0.401.